The third kappa shape index (κ3) is 3.64. The topological polar surface area (TPSA) is 55.8 Å². The first-order valence-electron chi connectivity index (χ1n) is 5.99. The number of rotatable bonds is 4. The van der Waals surface area contributed by atoms with E-state index in [-0.39, 0.29) is 23.7 Å². The van der Waals surface area contributed by atoms with Gasteiger partial charge in [-0.3, -0.25) is 0 Å². The SMILES string of the molecule is COc1ccc(COC(=O)c2cc(Cl)ccc2O)cc1F. The normalized spacial score (nSPS) is 10.2. The van der Waals surface area contributed by atoms with Gasteiger partial charge in [-0.05, 0) is 35.9 Å². The van der Waals surface area contributed by atoms with E-state index in [4.69, 9.17) is 21.1 Å². The second-order valence-electron chi connectivity index (χ2n) is 4.21. The zero-order valence-electron chi connectivity index (χ0n) is 11.1. The summed E-state index contributed by atoms with van der Waals surface area (Å²) in [5.74, 6) is -1.41. The van der Waals surface area contributed by atoms with Crippen molar-refractivity contribution < 1.29 is 23.8 Å². The predicted octanol–water partition coefficient (Wildman–Crippen LogP) is 3.55. The van der Waals surface area contributed by atoms with Gasteiger partial charge in [0.15, 0.2) is 11.6 Å². The number of phenols is 1. The zero-order valence-corrected chi connectivity index (χ0v) is 11.9. The van der Waals surface area contributed by atoms with Gasteiger partial charge in [0.2, 0.25) is 0 Å². The van der Waals surface area contributed by atoms with Crippen LogP contribution in [-0.2, 0) is 11.3 Å². The van der Waals surface area contributed by atoms with E-state index in [2.05, 4.69) is 0 Å². The molecule has 4 nitrogen and oxygen atoms in total. The van der Waals surface area contributed by atoms with E-state index >= 15 is 0 Å². The standard InChI is InChI=1S/C15H12ClFO4/c1-20-14-5-2-9(6-12(14)17)8-21-15(19)11-7-10(16)3-4-13(11)18/h2-7,18H,8H2,1H3. The fourth-order valence-electron chi connectivity index (χ4n) is 1.70. The molecule has 2 aromatic rings. The number of halogens is 2. The maximum Gasteiger partial charge on any atom is 0.342 e. The van der Waals surface area contributed by atoms with Gasteiger partial charge in [0.1, 0.15) is 17.9 Å². The van der Waals surface area contributed by atoms with Crippen LogP contribution in [0.3, 0.4) is 0 Å². The summed E-state index contributed by atoms with van der Waals surface area (Å²) in [6.07, 6.45) is 0. The Kier molecular flexibility index (Phi) is 4.65. The van der Waals surface area contributed by atoms with Gasteiger partial charge in [0.05, 0.1) is 7.11 Å². The van der Waals surface area contributed by atoms with Crippen molar-refractivity contribution in [2.75, 3.05) is 7.11 Å². The third-order valence-corrected chi connectivity index (χ3v) is 3.00. The lowest BCUT2D eigenvalue weighted by Crippen LogP contribution is -2.06. The minimum Gasteiger partial charge on any atom is -0.507 e. The summed E-state index contributed by atoms with van der Waals surface area (Å²) in [6, 6.07) is 8.28. The first-order valence-corrected chi connectivity index (χ1v) is 6.37. The van der Waals surface area contributed by atoms with E-state index in [1.54, 1.807) is 6.07 Å². The van der Waals surface area contributed by atoms with Crippen LogP contribution in [0.25, 0.3) is 0 Å². The van der Waals surface area contributed by atoms with Crippen LogP contribution in [0.15, 0.2) is 36.4 Å². The Balaban J connectivity index is 2.07. The fraction of sp³-hybridized carbons (Fsp3) is 0.133. The van der Waals surface area contributed by atoms with Gasteiger partial charge in [0, 0.05) is 5.02 Å². The third-order valence-electron chi connectivity index (χ3n) is 2.76. The second kappa shape index (κ2) is 6.45. The summed E-state index contributed by atoms with van der Waals surface area (Å²) in [5.41, 5.74) is 0.416. The first-order chi connectivity index (χ1) is 10.0. The predicted molar refractivity (Wildman–Crippen MR) is 75.2 cm³/mol. The van der Waals surface area contributed by atoms with Crippen LogP contribution in [0.5, 0.6) is 11.5 Å². The molecule has 0 spiro atoms. The Labute approximate surface area is 125 Å². The molecule has 0 bridgehead atoms. The summed E-state index contributed by atoms with van der Waals surface area (Å²) in [5, 5.41) is 9.88. The molecule has 0 amide bonds. The average Bonchev–Trinajstić information content (AvgIpc) is 2.47. The Morgan fingerprint density at radius 3 is 2.71 bits per heavy atom. The molecular formula is C15H12ClFO4. The highest BCUT2D eigenvalue weighted by molar-refractivity contribution is 6.31. The molecule has 0 aliphatic heterocycles. The molecule has 0 radical (unpaired) electrons. The molecule has 21 heavy (non-hydrogen) atoms. The van der Waals surface area contributed by atoms with Crippen LogP contribution < -0.4 is 4.74 Å². The molecule has 110 valence electrons. The van der Waals surface area contributed by atoms with Crippen molar-refractivity contribution in [3.63, 3.8) is 0 Å². The number of benzene rings is 2. The molecule has 2 aromatic carbocycles. The lowest BCUT2D eigenvalue weighted by Gasteiger charge is -2.08. The molecule has 0 heterocycles. The van der Waals surface area contributed by atoms with E-state index in [9.17, 15) is 14.3 Å². The molecule has 1 N–H and O–H groups in total. The minimum atomic E-state index is -0.744. The molecule has 0 aliphatic carbocycles. The van der Waals surface area contributed by atoms with E-state index in [1.165, 1.54) is 37.4 Å². The Morgan fingerprint density at radius 1 is 1.29 bits per heavy atom. The molecule has 0 fully saturated rings. The maximum atomic E-state index is 13.5. The van der Waals surface area contributed by atoms with E-state index in [0.717, 1.165) is 0 Å². The quantitative estimate of drug-likeness (QED) is 0.877. The molecule has 0 saturated heterocycles. The highest BCUT2D eigenvalue weighted by atomic mass is 35.5. The van der Waals surface area contributed by atoms with Crippen molar-refractivity contribution in [3.05, 3.63) is 58.4 Å². The fourth-order valence-corrected chi connectivity index (χ4v) is 1.87. The average molecular weight is 311 g/mol. The summed E-state index contributed by atoms with van der Waals surface area (Å²) in [6.45, 7) is -0.133. The first kappa shape index (κ1) is 15.1. The van der Waals surface area contributed by atoms with E-state index in [0.29, 0.717) is 10.6 Å². The minimum absolute atomic E-state index is 0.0449. The largest absolute Gasteiger partial charge is 0.507 e. The van der Waals surface area contributed by atoms with E-state index in [1.807, 2.05) is 0 Å². The molecular weight excluding hydrogens is 299 g/mol. The molecule has 6 heteroatoms. The monoisotopic (exact) mass is 310 g/mol. The van der Waals surface area contributed by atoms with Crippen molar-refractivity contribution >= 4 is 17.6 Å². The number of esters is 1. The van der Waals surface area contributed by atoms with Gasteiger partial charge in [-0.25, -0.2) is 9.18 Å². The summed E-state index contributed by atoms with van der Waals surface area (Å²) in [4.78, 5) is 11.8. The highest BCUT2D eigenvalue weighted by Gasteiger charge is 2.14. The Morgan fingerprint density at radius 2 is 2.05 bits per heavy atom. The van der Waals surface area contributed by atoms with Crippen molar-refractivity contribution in [2.45, 2.75) is 6.61 Å². The van der Waals surface area contributed by atoms with Crippen LogP contribution in [0.4, 0.5) is 4.39 Å². The van der Waals surface area contributed by atoms with Crippen LogP contribution in [0, 0.1) is 5.82 Å². The molecule has 0 aliphatic rings. The number of carbonyl (C=O) groups excluding carboxylic acids is 1. The summed E-state index contributed by atoms with van der Waals surface area (Å²) < 4.78 is 23.3. The van der Waals surface area contributed by atoms with Crippen molar-refractivity contribution in [3.8, 4) is 11.5 Å². The van der Waals surface area contributed by atoms with Crippen LogP contribution >= 0.6 is 11.6 Å². The van der Waals surface area contributed by atoms with Gasteiger partial charge >= 0.3 is 5.97 Å². The number of aromatic hydroxyl groups is 1. The Bertz CT molecular complexity index is 673. The molecule has 0 unspecified atom stereocenters. The number of hydrogen-bond donors (Lipinski definition) is 1. The smallest absolute Gasteiger partial charge is 0.342 e. The van der Waals surface area contributed by atoms with Crippen molar-refractivity contribution in [1.82, 2.24) is 0 Å². The second-order valence-corrected chi connectivity index (χ2v) is 4.64. The van der Waals surface area contributed by atoms with Crippen molar-refractivity contribution in [2.24, 2.45) is 0 Å². The van der Waals surface area contributed by atoms with Crippen LogP contribution in [0.1, 0.15) is 15.9 Å². The number of carbonyl (C=O) groups is 1. The van der Waals surface area contributed by atoms with Gasteiger partial charge in [0.25, 0.3) is 0 Å². The van der Waals surface area contributed by atoms with Gasteiger partial charge in [-0.15, -0.1) is 0 Å². The Hall–Kier alpha value is -2.27. The van der Waals surface area contributed by atoms with Gasteiger partial charge < -0.3 is 14.6 Å². The number of phenolic OH excluding ortho intramolecular Hbond substituents is 1. The number of hydrogen-bond acceptors (Lipinski definition) is 4. The highest BCUT2D eigenvalue weighted by Crippen LogP contribution is 2.23. The number of methoxy groups -OCH3 is 1. The lowest BCUT2D eigenvalue weighted by molar-refractivity contribution is 0.0469. The summed E-state index contributed by atoms with van der Waals surface area (Å²) >= 11 is 5.75. The van der Waals surface area contributed by atoms with Crippen molar-refractivity contribution in [1.29, 1.82) is 0 Å². The maximum absolute atomic E-state index is 13.5. The van der Waals surface area contributed by atoms with Gasteiger partial charge in [-0.1, -0.05) is 17.7 Å². The molecule has 0 atom stereocenters. The van der Waals surface area contributed by atoms with E-state index < -0.39 is 11.8 Å². The van der Waals surface area contributed by atoms with Crippen LogP contribution in [0.2, 0.25) is 5.02 Å². The molecule has 0 aromatic heterocycles. The molecule has 0 saturated carbocycles. The van der Waals surface area contributed by atoms with Gasteiger partial charge in [-0.2, -0.15) is 0 Å². The number of ether oxygens (including phenoxy) is 2. The summed E-state index contributed by atoms with van der Waals surface area (Å²) in [7, 11) is 1.36. The molecule has 2 rings (SSSR count). The lowest BCUT2D eigenvalue weighted by atomic mass is 10.2. The van der Waals surface area contributed by atoms with Crippen LogP contribution in [-0.4, -0.2) is 18.2 Å². The zero-order chi connectivity index (χ0) is 15.4.